The fourth-order valence-electron chi connectivity index (χ4n) is 5.44. The van der Waals surface area contributed by atoms with Crippen LogP contribution in [0.5, 0.6) is 0 Å². The minimum absolute atomic E-state index is 0. The Hall–Kier alpha value is -1.52. The number of fused-ring (bicyclic) bond motifs is 2. The van der Waals surface area contributed by atoms with E-state index >= 15 is 0 Å². The predicted molar refractivity (Wildman–Crippen MR) is 175 cm³/mol. The average molecular weight is 651 g/mol. The zero-order chi connectivity index (χ0) is 30.6. The number of unbranched alkanes of at least 4 members (excludes halogenated alkanes) is 8. The van der Waals surface area contributed by atoms with Crippen molar-refractivity contribution >= 4 is 79.5 Å². The Balaban J connectivity index is 0.000000293. The first kappa shape index (κ1) is 37.7. The Bertz CT molecular complexity index is 1530. The molecule has 0 N–H and O–H groups in total. The van der Waals surface area contributed by atoms with Crippen LogP contribution in [0, 0.1) is 0 Å². The van der Waals surface area contributed by atoms with Gasteiger partial charge in [0.15, 0.2) is 0 Å². The minimum atomic E-state index is -4.44. The third kappa shape index (κ3) is 11.4. The molecule has 43 heavy (non-hydrogen) atoms. The van der Waals surface area contributed by atoms with E-state index in [1.165, 1.54) is 50.7 Å². The van der Waals surface area contributed by atoms with Crippen molar-refractivity contribution in [1.82, 2.24) is 0 Å². The summed E-state index contributed by atoms with van der Waals surface area (Å²) in [6, 6.07) is 21.2. The van der Waals surface area contributed by atoms with Crippen molar-refractivity contribution in [3.63, 3.8) is 0 Å². The van der Waals surface area contributed by atoms with E-state index in [2.05, 4.69) is 13.8 Å². The average Bonchev–Trinajstić information content (AvgIpc) is 2.96. The van der Waals surface area contributed by atoms with Gasteiger partial charge in [0.05, 0.1) is 9.79 Å². The summed E-state index contributed by atoms with van der Waals surface area (Å²) in [7, 11) is -8.88. The standard InChI is InChI=1S/2C17H22O3S.Ca/c2*1-2-3-4-5-6-9-14-10-7-11-15-12-8-13-16(17(14)15)21(18,19)20;/h2*7-8,10-13H,2-6,9H2,1H3,(H,18,19,20);/q;;+2/p-2. The molecule has 0 bridgehead atoms. The van der Waals surface area contributed by atoms with Crippen LogP contribution in [0.25, 0.3) is 21.5 Å². The van der Waals surface area contributed by atoms with E-state index < -0.39 is 20.2 Å². The Kier molecular flexibility index (Phi) is 16.2. The Morgan fingerprint density at radius 2 is 0.814 bits per heavy atom. The number of rotatable bonds is 14. The van der Waals surface area contributed by atoms with Gasteiger partial charge in [-0.05, 0) is 59.7 Å². The second-order valence-corrected chi connectivity index (χ2v) is 13.5. The van der Waals surface area contributed by atoms with Crippen molar-refractivity contribution < 1.29 is 25.9 Å². The van der Waals surface area contributed by atoms with Crippen LogP contribution in [0.15, 0.2) is 82.6 Å². The van der Waals surface area contributed by atoms with Gasteiger partial charge in [-0.1, -0.05) is 126 Å². The number of hydrogen-bond acceptors (Lipinski definition) is 6. The first-order valence-electron chi connectivity index (χ1n) is 15.0. The number of aryl methyl sites for hydroxylation is 2. The van der Waals surface area contributed by atoms with E-state index in [0.29, 0.717) is 10.8 Å². The van der Waals surface area contributed by atoms with Gasteiger partial charge in [-0.25, -0.2) is 16.8 Å². The molecule has 0 saturated carbocycles. The van der Waals surface area contributed by atoms with Gasteiger partial charge >= 0.3 is 37.7 Å². The fraction of sp³-hybridized carbons (Fsp3) is 0.412. The van der Waals surface area contributed by atoms with Crippen LogP contribution in [0.3, 0.4) is 0 Å². The first-order chi connectivity index (χ1) is 20.1. The van der Waals surface area contributed by atoms with Gasteiger partial charge in [0, 0.05) is 10.8 Å². The van der Waals surface area contributed by atoms with Crippen LogP contribution in [0.1, 0.15) is 89.2 Å². The van der Waals surface area contributed by atoms with E-state index in [0.717, 1.165) is 60.4 Å². The van der Waals surface area contributed by atoms with Crippen molar-refractivity contribution in [2.24, 2.45) is 0 Å². The molecule has 0 aliphatic carbocycles. The summed E-state index contributed by atoms with van der Waals surface area (Å²) in [6.07, 6.45) is 13.2. The van der Waals surface area contributed by atoms with Crippen LogP contribution in [0.2, 0.25) is 0 Å². The van der Waals surface area contributed by atoms with Gasteiger partial charge < -0.3 is 9.11 Å². The van der Waals surface area contributed by atoms with Crippen LogP contribution in [0.4, 0.5) is 0 Å². The first-order valence-corrected chi connectivity index (χ1v) is 17.8. The SMILES string of the molecule is CCCCCCCc1cccc2cccc(S(=O)(=O)[O-])c12.CCCCCCCc1cccc2cccc(S(=O)(=O)[O-])c12.[Ca+2]. The molecule has 228 valence electrons. The molecule has 0 spiro atoms. The zero-order valence-electron chi connectivity index (χ0n) is 25.4. The maximum atomic E-state index is 11.5. The summed E-state index contributed by atoms with van der Waals surface area (Å²) in [6.45, 7) is 4.35. The van der Waals surface area contributed by atoms with Gasteiger partial charge in [-0.15, -0.1) is 0 Å². The molecular formula is C34H42CaO6S2. The summed E-state index contributed by atoms with van der Waals surface area (Å²) in [5, 5.41) is 2.84. The van der Waals surface area contributed by atoms with Crippen LogP contribution in [-0.4, -0.2) is 63.7 Å². The summed E-state index contributed by atoms with van der Waals surface area (Å²) < 4.78 is 68.8. The van der Waals surface area contributed by atoms with Crippen LogP contribution >= 0.6 is 0 Å². The van der Waals surface area contributed by atoms with Crippen molar-refractivity contribution in [3.8, 4) is 0 Å². The maximum absolute atomic E-state index is 11.5. The summed E-state index contributed by atoms with van der Waals surface area (Å²) in [5.74, 6) is 0. The molecule has 0 unspecified atom stereocenters. The molecule has 0 heterocycles. The van der Waals surface area contributed by atoms with E-state index in [1.807, 2.05) is 48.5 Å². The Morgan fingerprint density at radius 3 is 1.14 bits per heavy atom. The zero-order valence-corrected chi connectivity index (χ0v) is 29.2. The van der Waals surface area contributed by atoms with Crippen LogP contribution in [-0.2, 0) is 33.1 Å². The number of benzene rings is 4. The monoisotopic (exact) mass is 650 g/mol. The number of hydrogen-bond donors (Lipinski definition) is 0. The van der Waals surface area contributed by atoms with Gasteiger partial charge in [0.2, 0.25) is 0 Å². The largest absolute Gasteiger partial charge is 2.00 e. The quantitative estimate of drug-likeness (QED) is 0.0773. The van der Waals surface area contributed by atoms with Crippen molar-refractivity contribution in [2.75, 3.05) is 0 Å². The third-order valence-electron chi connectivity index (χ3n) is 7.54. The Morgan fingerprint density at radius 1 is 0.488 bits per heavy atom. The molecule has 4 aromatic carbocycles. The van der Waals surface area contributed by atoms with Crippen LogP contribution < -0.4 is 0 Å². The Labute approximate surface area is 287 Å². The molecule has 4 rings (SSSR count). The molecule has 0 radical (unpaired) electrons. The second kappa shape index (κ2) is 18.4. The molecule has 0 aliphatic rings. The summed E-state index contributed by atoms with van der Waals surface area (Å²) in [5.41, 5.74) is 1.91. The molecule has 0 saturated heterocycles. The van der Waals surface area contributed by atoms with Gasteiger partial charge in [-0.2, -0.15) is 0 Å². The molecule has 0 amide bonds. The van der Waals surface area contributed by atoms with Gasteiger partial charge in [0.25, 0.3) is 0 Å². The normalized spacial score (nSPS) is 11.6. The van der Waals surface area contributed by atoms with Gasteiger partial charge in [0.1, 0.15) is 20.2 Å². The molecule has 6 nitrogen and oxygen atoms in total. The summed E-state index contributed by atoms with van der Waals surface area (Å²) in [4.78, 5) is -0.187. The van der Waals surface area contributed by atoms with E-state index in [-0.39, 0.29) is 47.5 Å². The molecule has 4 aromatic rings. The van der Waals surface area contributed by atoms with E-state index in [9.17, 15) is 25.9 Å². The topological polar surface area (TPSA) is 114 Å². The fourth-order valence-corrected chi connectivity index (χ4v) is 6.92. The molecule has 9 heteroatoms. The maximum Gasteiger partial charge on any atom is 2.00 e. The third-order valence-corrected chi connectivity index (χ3v) is 9.30. The van der Waals surface area contributed by atoms with E-state index in [1.54, 1.807) is 12.1 Å². The van der Waals surface area contributed by atoms with Gasteiger partial charge in [-0.3, -0.25) is 0 Å². The molecule has 0 aliphatic heterocycles. The molecular weight excluding hydrogens is 609 g/mol. The second-order valence-electron chi connectivity index (χ2n) is 10.8. The van der Waals surface area contributed by atoms with Crippen molar-refractivity contribution in [3.05, 3.63) is 83.9 Å². The summed E-state index contributed by atoms with van der Waals surface area (Å²) >= 11 is 0. The predicted octanol–water partition coefficient (Wildman–Crippen LogP) is 8.13. The van der Waals surface area contributed by atoms with E-state index in [4.69, 9.17) is 0 Å². The van der Waals surface area contributed by atoms with Crippen molar-refractivity contribution in [1.29, 1.82) is 0 Å². The molecule has 0 fully saturated rings. The molecule has 0 aromatic heterocycles. The minimum Gasteiger partial charge on any atom is -0.744 e. The van der Waals surface area contributed by atoms with Crippen molar-refractivity contribution in [2.45, 2.75) is 101 Å². The molecule has 0 atom stereocenters. The smallest absolute Gasteiger partial charge is 0.744 e.